The van der Waals surface area contributed by atoms with Crippen molar-refractivity contribution in [2.24, 2.45) is 0 Å². The molecule has 0 saturated heterocycles. The smallest absolute Gasteiger partial charge is 0.335 e. The van der Waals surface area contributed by atoms with Crippen molar-refractivity contribution in [3.05, 3.63) is 12.2 Å². The van der Waals surface area contributed by atoms with Gasteiger partial charge in [-0.15, -0.1) is 0 Å². The highest BCUT2D eigenvalue weighted by molar-refractivity contribution is 5.72. The lowest BCUT2D eigenvalue weighted by Crippen LogP contribution is -2.28. The zero-order chi connectivity index (χ0) is 9.40. The molecule has 0 amide bonds. The first kappa shape index (κ1) is 11.1. The van der Waals surface area contributed by atoms with Crippen molar-refractivity contribution in [2.75, 3.05) is 20.3 Å². The molecule has 0 radical (unpaired) electrons. The number of methoxy groups -OCH3 is 1. The summed E-state index contributed by atoms with van der Waals surface area (Å²) < 4.78 is 9.64. The van der Waals surface area contributed by atoms with Gasteiger partial charge in [-0.05, 0) is 6.92 Å². The molecule has 4 nitrogen and oxygen atoms in total. The second-order valence-electron chi connectivity index (χ2n) is 2.18. The third-order valence-electron chi connectivity index (χ3n) is 1.22. The van der Waals surface area contributed by atoms with E-state index in [-0.39, 0.29) is 6.61 Å². The van der Waals surface area contributed by atoms with E-state index >= 15 is 0 Å². The molecule has 0 aliphatic rings. The third-order valence-corrected chi connectivity index (χ3v) is 1.22. The fraction of sp³-hybridized carbons (Fsp3) is 0.625. The van der Waals surface area contributed by atoms with Gasteiger partial charge in [0.05, 0.1) is 13.2 Å². The number of rotatable bonds is 6. The monoisotopic (exact) mass is 174 g/mol. The van der Waals surface area contributed by atoms with E-state index in [4.69, 9.17) is 9.84 Å². The summed E-state index contributed by atoms with van der Waals surface area (Å²) >= 11 is 0. The largest absolute Gasteiger partial charge is 0.479 e. The fourth-order valence-electron chi connectivity index (χ4n) is 0.610. The van der Waals surface area contributed by atoms with E-state index in [1.807, 2.05) is 6.92 Å². The molecule has 0 aliphatic carbocycles. The van der Waals surface area contributed by atoms with Crippen LogP contribution in [0.25, 0.3) is 0 Å². The molecule has 0 fully saturated rings. The summed E-state index contributed by atoms with van der Waals surface area (Å²) in [5.41, 5.74) is 0. The van der Waals surface area contributed by atoms with E-state index in [0.29, 0.717) is 6.61 Å². The van der Waals surface area contributed by atoms with Crippen molar-refractivity contribution in [3.63, 3.8) is 0 Å². The summed E-state index contributed by atoms with van der Waals surface area (Å²) in [7, 11) is 1.44. The lowest BCUT2D eigenvalue weighted by atomic mass is 10.4. The molecule has 0 rings (SSSR count). The number of aliphatic carboxylic acids is 1. The normalized spacial score (nSPS) is 13.5. The van der Waals surface area contributed by atoms with Gasteiger partial charge in [0, 0.05) is 7.11 Å². The Balaban J connectivity index is 3.71. The molecule has 0 aromatic carbocycles. The molecular weight excluding hydrogens is 160 g/mol. The van der Waals surface area contributed by atoms with Gasteiger partial charge in [0.2, 0.25) is 0 Å². The Morgan fingerprint density at radius 3 is 2.75 bits per heavy atom. The standard InChI is InChI=1S/C8H14O4/c1-3-4-5-12-7(6-11-2)8(9)10/h3-4,7H,5-6H2,1-2H3,(H,9,10)/b4-3+. The first-order chi connectivity index (χ1) is 5.72. The molecular formula is C8H14O4. The molecule has 0 aromatic rings. The number of carboxylic acid groups (broad SMARTS) is 1. The van der Waals surface area contributed by atoms with Gasteiger partial charge in [-0.2, -0.15) is 0 Å². The highest BCUT2D eigenvalue weighted by atomic mass is 16.5. The van der Waals surface area contributed by atoms with E-state index in [9.17, 15) is 4.79 Å². The molecule has 0 aromatic heterocycles. The van der Waals surface area contributed by atoms with Crippen LogP contribution in [0.5, 0.6) is 0 Å². The number of carbonyl (C=O) groups is 1. The zero-order valence-electron chi connectivity index (χ0n) is 7.32. The number of carboxylic acids is 1. The van der Waals surface area contributed by atoms with Gasteiger partial charge in [0.1, 0.15) is 0 Å². The predicted octanol–water partition coefficient (Wildman–Crippen LogP) is 0.679. The van der Waals surface area contributed by atoms with Crippen molar-refractivity contribution in [1.29, 1.82) is 0 Å². The molecule has 0 heterocycles. The Bertz CT molecular complexity index is 153. The molecule has 0 aliphatic heterocycles. The Morgan fingerprint density at radius 2 is 2.33 bits per heavy atom. The Kier molecular flexibility index (Phi) is 6.32. The van der Waals surface area contributed by atoms with Crippen LogP contribution in [0.4, 0.5) is 0 Å². The van der Waals surface area contributed by atoms with E-state index in [0.717, 1.165) is 0 Å². The minimum atomic E-state index is -0.999. The van der Waals surface area contributed by atoms with Gasteiger partial charge in [-0.3, -0.25) is 0 Å². The molecule has 70 valence electrons. The Hall–Kier alpha value is -0.870. The quantitative estimate of drug-likeness (QED) is 0.601. The topological polar surface area (TPSA) is 55.8 Å². The van der Waals surface area contributed by atoms with E-state index in [1.165, 1.54) is 7.11 Å². The summed E-state index contributed by atoms with van der Waals surface area (Å²) in [5.74, 6) is -0.999. The fourth-order valence-corrected chi connectivity index (χ4v) is 0.610. The van der Waals surface area contributed by atoms with Crippen LogP contribution in [-0.2, 0) is 14.3 Å². The van der Waals surface area contributed by atoms with Crippen molar-refractivity contribution in [3.8, 4) is 0 Å². The second kappa shape index (κ2) is 6.82. The minimum Gasteiger partial charge on any atom is -0.479 e. The zero-order valence-corrected chi connectivity index (χ0v) is 7.32. The van der Waals surface area contributed by atoms with Crippen LogP contribution in [0.3, 0.4) is 0 Å². The molecule has 0 saturated carbocycles. The van der Waals surface area contributed by atoms with Gasteiger partial charge in [0.15, 0.2) is 6.10 Å². The van der Waals surface area contributed by atoms with Crippen molar-refractivity contribution in [2.45, 2.75) is 13.0 Å². The SMILES string of the molecule is C/C=C/COC(COC)C(=O)O. The van der Waals surface area contributed by atoms with Gasteiger partial charge >= 0.3 is 5.97 Å². The van der Waals surface area contributed by atoms with Crippen molar-refractivity contribution in [1.82, 2.24) is 0 Å². The van der Waals surface area contributed by atoms with Crippen LogP contribution < -0.4 is 0 Å². The summed E-state index contributed by atoms with van der Waals surface area (Å²) in [6.07, 6.45) is 2.67. The molecule has 12 heavy (non-hydrogen) atoms. The summed E-state index contributed by atoms with van der Waals surface area (Å²) in [6, 6.07) is 0. The first-order valence-electron chi connectivity index (χ1n) is 3.66. The van der Waals surface area contributed by atoms with Crippen molar-refractivity contribution < 1.29 is 19.4 Å². The highest BCUT2D eigenvalue weighted by Gasteiger charge is 2.16. The summed E-state index contributed by atoms with van der Waals surface area (Å²) in [6.45, 7) is 2.22. The first-order valence-corrected chi connectivity index (χ1v) is 3.66. The van der Waals surface area contributed by atoms with Crippen LogP contribution in [0.1, 0.15) is 6.92 Å². The van der Waals surface area contributed by atoms with Crippen LogP contribution >= 0.6 is 0 Å². The van der Waals surface area contributed by atoms with Crippen LogP contribution in [0.15, 0.2) is 12.2 Å². The van der Waals surface area contributed by atoms with Gasteiger partial charge in [-0.25, -0.2) is 4.79 Å². The van der Waals surface area contributed by atoms with E-state index in [2.05, 4.69) is 4.74 Å². The minimum absolute atomic E-state index is 0.0763. The molecule has 0 bridgehead atoms. The maximum absolute atomic E-state index is 10.5. The van der Waals surface area contributed by atoms with E-state index in [1.54, 1.807) is 12.2 Å². The number of hydrogen-bond acceptors (Lipinski definition) is 3. The lowest BCUT2D eigenvalue weighted by Gasteiger charge is -2.10. The number of hydrogen-bond donors (Lipinski definition) is 1. The van der Waals surface area contributed by atoms with Gasteiger partial charge in [0.25, 0.3) is 0 Å². The maximum Gasteiger partial charge on any atom is 0.335 e. The van der Waals surface area contributed by atoms with Crippen LogP contribution in [0, 0.1) is 0 Å². The lowest BCUT2D eigenvalue weighted by molar-refractivity contribution is -0.152. The average molecular weight is 174 g/mol. The molecule has 1 N–H and O–H groups in total. The van der Waals surface area contributed by atoms with Crippen LogP contribution in [0.2, 0.25) is 0 Å². The van der Waals surface area contributed by atoms with Gasteiger partial charge < -0.3 is 14.6 Å². The average Bonchev–Trinajstić information content (AvgIpc) is 2.03. The Labute approximate surface area is 71.8 Å². The predicted molar refractivity (Wildman–Crippen MR) is 44.1 cm³/mol. The summed E-state index contributed by atoms with van der Waals surface area (Å²) in [4.78, 5) is 10.5. The van der Waals surface area contributed by atoms with Crippen LogP contribution in [-0.4, -0.2) is 37.5 Å². The number of allylic oxidation sites excluding steroid dienone is 1. The molecule has 4 heteroatoms. The third kappa shape index (κ3) is 4.87. The van der Waals surface area contributed by atoms with Gasteiger partial charge in [-0.1, -0.05) is 12.2 Å². The molecule has 1 atom stereocenters. The molecule has 1 unspecified atom stereocenters. The van der Waals surface area contributed by atoms with Crippen molar-refractivity contribution >= 4 is 5.97 Å². The second-order valence-corrected chi connectivity index (χ2v) is 2.18. The maximum atomic E-state index is 10.5. The number of ether oxygens (including phenoxy) is 2. The highest BCUT2D eigenvalue weighted by Crippen LogP contribution is 1.93. The van der Waals surface area contributed by atoms with E-state index < -0.39 is 12.1 Å². The Morgan fingerprint density at radius 1 is 1.67 bits per heavy atom. The molecule has 0 spiro atoms. The summed E-state index contributed by atoms with van der Waals surface area (Å²) in [5, 5.41) is 8.57.